The minimum Gasteiger partial charge on any atom is -0.274 e. The molecule has 0 aliphatic rings. The van der Waals surface area contributed by atoms with E-state index in [4.69, 9.17) is 11.6 Å². The largest absolute Gasteiger partial charge is 0.274 e. The first-order chi connectivity index (χ1) is 13.3. The van der Waals surface area contributed by atoms with E-state index < -0.39 is 11.6 Å². The van der Waals surface area contributed by atoms with E-state index in [0.29, 0.717) is 32.2 Å². The van der Waals surface area contributed by atoms with Crippen LogP contribution in [0.2, 0.25) is 5.02 Å². The Hall–Kier alpha value is -1.96. The van der Waals surface area contributed by atoms with E-state index in [1.54, 1.807) is 0 Å². The monoisotopic (exact) mass is 438 g/mol. The lowest BCUT2D eigenvalue weighted by Gasteiger charge is -2.22. The van der Waals surface area contributed by atoms with E-state index >= 15 is 0 Å². The molecule has 28 heavy (non-hydrogen) atoms. The fraction of sp³-hybridized carbons (Fsp3) is 0.200. The molecule has 3 nitrogen and oxygen atoms in total. The molecule has 0 saturated carbocycles. The van der Waals surface area contributed by atoms with Crippen LogP contribution in [0.5, 0.6) is 0 Å². The van der Waals surface area contributed by atoms with Crippen LogP contribution >= 0.6 is 34.7 Å². The van der Waals surface area contributed by atoms with Crippen molar-refractivity contribution in [2.24, 2.45) is 0 Å². The summed E-state index contributed by atoms with van der Waals surface area (Å²) in [7, 11) is 0. The highest BCUT2D eigenvalue weighted by Gasteiger charge is 2.22. The van der Waals surface area contributed by atoms with Crippen molar-refractivity contribution in [2.45, 2.75) is 31.4 Å². The molecule has 0 atom stereocenters. The molecule has 3 rings (SSSR count). The van der Waals surface area contributed by atoms with Gasteiger partial charge in [0, 0.05) is 29.0 Å². The van der Waals surface area contributed by atoms with Gasteiger partial charge in [-0.15, -0.1) is 23.1 Å². The summed E-state index contributed by atoms with van der Waals surface area (Å²) in [6.45, 7) is 5.29. The van der Waals surface area contributed by atoms with Gasteiger partial charge >= 0.3 is 0 Å². The van der Waals surface area contributed by atoms with Gasteiger partial charge < -0.3 is 0 Å². The lowest BCUT2D eigenvalue weighted by atomic mass is 10.1. The number of aryl methyl sites for hydroxylation is 2. The molecule has 0 bridgehead atoms. The first-order valence-corrected chi connectivity index (χ1v) is 10.6. The van der Waals surface area contributed by atoms with Crippen molar-refractivity contribution in [1.29, 1.82) is 0 Å². The Kier molecular flexibility index (Phi) is 6.37. The van der Waals surface area contributed by atoms with Gasteiger partial charge in [0.15, 0.2) is 5.13 Å². The van der Waals surface area contributed by atoms with Crippen LogP contribution in [0.25, 0.3) is 0 Å². The van der Waals surface area contributed by atoms with E-state index in [1.807, 2.05) is 31.4 Å². The Morgan fingerprint density at radius 2 is 2.00 bits per heavy atom. The third kappa shape index (κ3) is 4.54. The van der Waals surface area contributed by atoms with Gasteiger partial charge in [-0.2, -0.15) is 0 Å². The second-order valence-corrected chi connectivity index (χ2v) is 8.51. The Morgan fingerprint density at radius 1 is 1.25 bits per heavy atom. The molecule has 0 radical (unpaired) electrons. The van der Waals surface area contributed by atoms with E-state index in [0.717, 1.165) is 17.2 Å². The number of aromatic nitrogens is 1. The number of nitrogens with zero attached hydrogens (tertiary/aromatic N) is 2. The van der Waals surface area contributed by atoms with Crippen LogP contribution in [0.4, 0.5) is 19.6 Å². The predicted molar refractivity (Wildman–Crippen MR) is 112 cm³/mol. The van der Waals surface area contributed by atoms with Crippen molar-refractivity contribution < 1.29 is 13.6 Å². The van der Waals surface area contributed by atoms with Crippen molar-refractivity contribution in [3.63, 3.8) is 0 Å². The van der Waals surface area contributed by atoms with E-state index in [9.17, 15) is 13.6 Å². The van der Waals surface area contributed by atoms with Crippen LogP contribution in [0.1, 0.15) is 23.7 Å². The average Bonchev–Trinajstić information content (AvgIpc) is 3.05. The van der Waals surface area contributed by atoms with Gasteiger partial charge in [0.25, 0.3) is 0 Å². The normalized spacial score (nSPS) is 10.9. The smallest absolute Gasteiger partial charge is 0.230 e. The third-order valence-electron chi connectivity index (χ3n) is 3.94. The van der Waals surface area contributed by atoms with Crippen LogP contribution in [0, 0.1) is 25.5 Å². The van der Waals surface area contributed by atoms with E-state index in [2.05, 4.69) is 4.98 Å². The van der Waals surface area contributed by atoms with Crippen LogP contribution in [0.15, 0.2) is 40.6 Å². The topological polar surface area (TPSA) is 33.2 Å². The molecule has 1 amide bonds. The molecule has 0 saturated heterocycles. The SMILES string of the molecule is CC(=O)N(c1nc(CSc2ccc(F)cc2F)cs1)c1c(C)cc(C)cc1Cl. The first-order valence-electron chi connectivity index (χ1n) is 8.36. The molecule has 1 heterocycles. The molecule has 8 heteroatoms. The molecule has 0 spiro atoms. The van der Waals surface area contributed by atoms with Gasteiger partial charge in [0.05, 0.1) is 16.4 Å². The number of rotatable bonds is 5. The highest BCUT2D eigenvalue weighted by atomic mass is 35.5. The van der Waals surface area contributed by atoms with Crippen molar-refractivity contribution in [3.05, 3.63) is 69.2 Å². The zero-order valence-corrected chi connectivity index (χ0v) is 17.8. The van der Waals surface area contributed by atoms with Gasteiger partial charge in [-0.1, -0.05) is 17.7 Å². The number of benzene rings is 2. The van der Waals surface area contributed by atoms with Crippen molar-refractivity contribution in [1.82, 2.24) is 4.98 Å². The van der Waals surface area contributed by atoms with Gasteiger partial charge in [-0.05, 0) is 43.2 Å². The van der Waals surface area contributed by atoms with Crippen molar-refractivity contribution in [3.8, 4) is 0 Å². The second kappa shape index (κ2) is 8.59. The van der Waals surface area contributed by atoms with Gasteiger partial charge in [0.1, 0.15) is 11.6 Å². The van der Waals surface area contributed by atoms with Gasteiger partial charge in [-0.3, -0.25) is 9.69 Å². The summed E-state index contributed by atoms with van der Waals surface area (Å²) in [4.78, 5) is 18.7. The molecule has 0 aliphatic carbocycles. The Morgan fingerprint density at radius 3 is 2.64 bits per heavy atom. The van der Waals surface area contributed by atoms with Crippen LogP contribution in [-0.4, -0.2) is 10.9 Å². The second-order valence-electron chi connectivity index (χ2n) is 6.25. The fourth-order valence-electron chi connectivity index (χ4n) is 2.79. The zero-order valence-electron chi connectivity index (χ0n) is 15.4. The Balaban J connectivity index is 1.85. The number of carbonyl (C=O) groups is 1. The summed E-state index contributed by atoms with van der Waals surface area (Å²) in [5, 5.41) is 2.79. The molecule has 3 aromatic rings. The molecule has 146 valence electrons. The summed E-state index contributed by atoms with van der Waals surface area (Å²) >= 11 is 8.94. The minimum absolute atomic E-state index is 0.202. The summed E-state index contributed by atoms with van der Waals surface area (Å²) in [6, 6.07) is 7.24. The fourth-order valence-corrected chi connectivity index (χ4v) is 4.98. The molecule has 0 N–H and O–H groups in total. The standard InChI is InChI=1S/C20H17ClF2N2OS2/c1-11-6-12(2)19(16(21)7-11)25(13(3)26)20-24-15(10-28-20)9-27-18-5-4-14(22)8-17(18)23/h4-8,10H,9H2,1-3H3. The first kappa shape index (κ1) is 20.8. The summed E-state index contributed by atoms with van der Waals surface area (Å²) in [5.41, 5.74) is 3.19. The maximum Gasteiger partial charge on any atom is 0.230 e. The lowest BCUT2D eigenvalue weighted by molar-refractivity contribution is -0.115. The summed E-state index contributed by atoms with van der Waals surface area (Å²) < 4.78 is 26.8. The minimum atomic E-state index is -0.611. The summed E-state index contributed by atoms with van der Waals surface area (Å²) in [5.74, 6) is -1.02. The predicted octanol–water partition coefficient (Wildman–Crippen LogP) is 6.67. The number of thioether (sulfide) groups is 1. The van der Waals surface area contributed by atoms with E-state index in [-0.39, 0.29) is 5.91 Å². The quantitative estimate of drug-likeness (QED) is 0.417. The number of hydrogen-bond donors (Lipinski definition) is 0. The van der Waals surface area contributed by atoms with Crippen LogP contribution in [-0.2, 0) is 10.5 Å². The molecule has 2 aromatic carbocycles. The van der Waals surface area contributed by atoms with Crippen LogP contribution < -0.4 is 4.90 Å². The third-order valence-corrected chi connectivity index (χ3v) is 6.18. The van der Waals surface area contributed by atoms with Gasteiger partial charge in [-0.25, -0.2) is 13.8 Å². The maximum atomic E-state index is 13.8. The Bertz CT molecular complexity index is 1020. The van der Waals surface area contributed by atoms with Crippen molar-refractivity contribution in [2.75, 3.05) is 4.90 Å². The van der Waals surface area contributed by atoms with Crippen molar-refractivity contribution >= 4 is 51.4 Å². The number of thiazole rings is 1. The molecule has 0 unspecified atom stereocenters. The van der Waals surface area contributed by atoms with Gasteiger partial charge in [0.2, 0.25) is 5.91 Å². The number of carbonyl (C=O) groups excluding carboxylic acids is 1. The highest BCUT2D eigenvalue weighted by molar-refractivity contribution is 7.98. The van der Waals surface area contributed by atoms with E-state index in [1.165, 1.54) is 47.1 Å². The highest BCUT2D eigenvalue weighted by Crippen LogP contribution is 2.38. The van der Waals surface area contributed by atoms with Crippen LogP contribution in [0.3, 0.4) is 0 Å². The average molecular weight is 439 g/mol. The molecule has 1 aromatic heterocycles. The summed E-state index contributed by atoms with van der Waals surface area (Å²) in [6.07, 6.45) is 0. The number of anilines is 2. The molecular weight excluding hydrogens is 422 g/mol. The zero-order chi connectivity index (χ0) is 20.4. The molecular formula is C20H17ClF2N2OS2. The molecule has 0 fully saturated rings. The molecule has 0 aliphatic heterocycles. The Labute approximate surface area is 175 Å². The number of hydrogen-bond acceptors (Lipinski definition) is 4. The number of amides is 1. The maximum absolute atomic E-state index is 13.8. The number of halogens is 3. The lowest BCUT2D eigenvalue weighted by Crippen LogP contribution is -2.24.